The third kappa shape index (κ3) is 3.34. The second kappa shape index (κ2) is 7.11. The number of nitrogens with zero attached hydrogens (tertiary/aromatic N) is 7. The quantitative estimate of drug-likeness (QED) is 0.621. The Morgan fingerprint density at radius 1 is 1.26 bits per heavy atom. The van der Waals surface area contributed by atoms with Crippen LogP contribution in [0.15, 0.2) is 23.3 Å². The summed E-state index contributed by atoms with van der Waals surface area (Å²) in [5.41, 5.74) is 9.85. The second-order valence-electron chi connectivity index (χ2n) is 7.41. The zero-order chi connectivity index (χ0) is 21.8. The number of nitrogens with two attached hydrogens (primary N) is 1. The van der Waals surface area contributed by atoms with Gasteiger partial charge < -0.3 is 15.4 Å². The third-order valence-electron chi connectivity index (χ3n) is 5.52. The maximum absolute atomic E-state index is 13.0. The van der Waals surface area contributed by atoms with Crippen LogP contribution in [0.25, 0.3) is 16.6 Å². The van der Waals surface area contributed by atoms with Crippen LogP contribution in [0.4, 0.5) is 19.1 Å². The van der Waals surface area contributed by atoms with Crippen LogP contribution < -0.4 is 15.9 Å². The van der Waals surface area contributed by atoms with Crippen molar-refractivity contribution in [2.24, 2.45) is 5.10 Å². The van der Waals surface area contributed by atoms with Crippen LogP contribution in [0.1, 0.15) is 5.82 Å². The van der Waals surface area contributed by atoms with Crippen molar-refractivity contribution < 1.29 is 17.9 Å². The number of hydrogen-bond donors (Lipinski definition) is 2. The van der Waals surface area contributed by atoms with E-state index in [9.17, 15) is 13.2 Å². The lowest BCUT2D eigenvalue weighted by molar-refractivity contribution is -0.0708. The highest BCUT2D eigenvalue weighted by molar-refractivity contribution is 5.95. The van der Waals surface area contributed by atoms with E-state index in [2.05, 4.69) is 30.5 Å². The number of nitrogens with one attached hydrogen (secondary N) is 1. The van der Waals surface area contributed by atoms with Gasteiger partial charge in [0.2, 0.25) is 11.8 Å². The Hall–Kier alpha value is -3.35. The Labute approximate surface area is 174 Å². The molecule has 0 saturated carbocycles. The van der Waals surface area contributed by atoms with Gasteiger partial charge in [-0.1, -0.05) is 6.07 Å². The average molecular weight is 435 g/mol. The summed E-state index contributed by atoms with van der Waals surface area (Å²) in [4.78, 5) is 12.3. The van der Waals surface area contributed by atoms with Crippen LogP contribution in [0.3, 0.4) is 0 Å². The highest BCUT2D eigenvalue weighted by Gasteiger charge is 2.47. The monoisotopic (exact) mass is 435 g/mol. The molecular weight excluding hydrogens is 415 g/mol. The number of aromatic nitrogens is 4. The van der Waals surface area contributed by atoms with E-state index in [1.807, 2.05) is 12.1 Å². The van der Waals surface area contributed by atoms with Crippen LogP contribution in [0.2, 0.25) is 0 Å². The summed E-state index contributed by atoms with van der Waals surface area (Å²) < 4.78 is 45.9. The molecule has 5 rings (SSSR count). The molecule has 2 aliphatic heterocycles. The van der Waals surface area contributed by atoms with Gasteiger partial charge in [0.15, 0.2) is 11.5 Å². The van der Waals surface area contributed by atoms with E-state index in [1.165, 1.54) is 9.42 Å². The average Bonchev–Trinajstić information content (AvgIpc) is 3.36. The summed E-state index contributed by atoms with van der Waals surface area (Å²) in [5.74, 6) is 0.521. The minimum Gasteiger partial charge on any atom is -0.494 e. The lowest BCUT2D eigenvalue weighted by atomic mass is 10.2. The van der Waals surface area contributed by atoms with Gasteiger partial charge in [0.05, 0.1) is 7.11 Å². The molecule has 0 radical (unpaired) electrons. The first-order chi connectivity index (χ1) is 14.8. The molecule has 1 fully saturated rings. The van der Waals surface area contributed by atoms with Crippen molar-refractivity contribution in [3.05, 3.63) is 24.0 Å². The molecule has 2 aromatic heterocycles. The molecule has 10 nitrogen and oxygen atoms in total. The van der Waals surface area contributed by atoms with Gasteiger partial charge in [0, 0.05) is 38.0 Å². The zero-order valence-electron chi connectivity index (χ0n) is 16.6. The lowest BCUT2D eigenvalue weighted by Crippen LogP contribution is -2.57. The van der Waals surface area contributed by atoms with Crippen molar-refractivity contribution in [1.82, 2.24) is 34.8 Å². The third-order valence-corrected chi connectivity index (χ3v) is 5.52. The molecule has 4 heterocycles. The molecule has 0 aliphatic carbocycles. The first-order valence-corrected chi connectivity index (χ1v) is 9.72. The number of halogens is 3. The lowest BCUT2D eigenvalue weighted by Gasteiger charge is -2.38. The van der Waals surface area contributed by atoms with Crippen molar-refractivity contribution in [1.29, 1.82) is 0 Å². The standard InChI is InChI=1S/C18H20F3N9O/c1-31-11-4-2-3-10-14(11)24-17(22)30-15(10)23-12(27-30)5-6-28-7-8-29-13(9-28)25-26-16(29)18(19,20)21/h2-4,13,25H,5-9H2,1H3,(H2,22,24). The van der Waals surface area contributed by atoms with Crippen molar-refractivity contribution >= 4 is 28.3 Å². The smallest absolute Gasteiger partial charge is 0.451 e. The molecule has 1 atom stereocenters. The number of hydrogen-bond acceptors (Lipinski definition) is 9. The molecule has 3 N–H and O–H groups in total. The summed E-state index contributed by atoms with van der Waals surface area (Å²) in [6.45, 7) is 1.75. The van der Waals surface area contributed by atoms with Crippen LogP contribution in [-0.4, -0.2) is 80.8 Å². The molecule has 0 bridgehead atoms. The van der Waals surface area contributed by atoms with Gasteiger partial charge in [-0.25, -0.2) is 9.97 Å². The van der Waals surface area contributed by atoms with E-state index >= 15 is 0 Å². The first kappa shape index (κ1) is 19.6. The molecule has 13 heteroatoms. The molecule has 1 aromatic carbocycles. The Bertz CT molecular complexity index is 1180. The highest BCUT2D eigenvalue weighted by atomic mass is 19.4. The van der Waals surface area contributed by atoms with Gasteiger partial charge in [-0.2, -0.15) is 22.8 Å². The van der Waals surface area contributed by atoms with E-state index in [0.717, 1.165) is 5.39 Å². The fourth-order valence-electron chi connectivity index (χ4n) is 4.03. The number of alkyl halides is 3. The Morgan fingerprint density at radius 2 is 2.10 bits per heavy atom. The van der Waals surface area contributed by atoms with E-state index in [0.29, 0.717) is 48.8 Å². The van der Waals surface area contributed by atoms with Crippen LogP contribution >= 0.6 is 0 Å². The zero-order valence-corrected chi connectivity index (χ0v) is 16.6. The van der Waals surface area contributed by atoms with E-state index in [1.54, 1.807) is 13.2 Å². The topological polar surface area (TPSA) is 109 Å². The normalized spacial score (nSPS) is 19.5. The molecule has 164 valence electrons. The summed E-state index contributed by atoms with van der Waals surface area (Å²) in [6.07, 6.45) is -4.42. The number of ether oxygens (including phenoxy) is 1. The molecular formula is C18H20F3N9O. The maximum Gasteiger partial charge on any atom is 0.451 e. The van der Waals surface area contributed by atoms with Crippen molar-refractivity contribution in [2.45, 2.75) is 18.8 Å². The Balaban J connectivity index is 1.31. The fourth-order valence-corrected chi connectivity index (χ4v) is 4.03. The molecule has 1 unspecified atom stereocenters. The minimum atomic E-state index is -4.45. The number of fused-ring (bicyclic) bond motifs is 4. The molecule has 1 saturated heterocycles. The number of nitrogen functional groups attached to an aromatic ring is 1. The second-order valence-corrected chi connectivity index (χ2v) is 7.41. The van der Waals surface area contributed by atoms with Crippen LogP contribution in [0, 0.1) is 0 Å². The van der Waals surface area contributed by atoms with Gasteiger partial charge >= 0.3 is 6.18 Å². The number of piperazine rings is 1. The number of rotatable bonds is 4. The fraction of sp³-hybridized carbons (Fsp3) is 0.444. The van der Waals surface area contributed by atoms with Crippen molar-refractivity contribution in [3.63, 3.8) is 0 Å². The molecule has 0 amide bonds. The van der Waals surface area contributed by atoms with Crippen molar-refractivity contribution in [2.75, 3.05) is 39.0 Å². The number of hydrazone groups is 1. The summed E-state index contributed by atoms with van der Waals surface area (Å²) >= 11 is 0. The maximum atomic E-state index is 13.0. The summed E-state index contributed by atoms with van der Waals surface area (Å²) in [7, 11) is 1.56. The Morgan fingerprint density at radius 3 is 2.87 bits per heavy atom. The largest absolute Gasteiger partial charge is 0.494 e. The number of para-hydroxylation sites is 1. The first-order valence-electron chi connectivity index (χ1n) is 9.72. The molecule has 31 heavy (non-hydrogen) atoms. The number of benzene rings is 1. The van der Waals surface area contributed by atoms with Gasteiger partial charge in [0.1, 0.15) is 17.4 Å². The molecule has 3 aromatic rings. The Kier molecular flexibility index (Phi) is 4.50. The van der Waals surface area contributed by atoms with Gasteiger partial charge in [0.25, 0.3) is 0 Å². The predicted molar refractivity (Wildman–Crippen MR) is 107 cm³/mol. The summed E-state index contributed by atoms with van der Waals surface area (Å²) in [5, 5.41) is 8.71. The van der Waals surface area contributed by atoms with E-state index in [-0.39, 0.29) is 12.5 Å². The summed E-state index contributed by atoms with van der Waals surface area (Å²) in [6, 6.07) is 5.52. The van der Waals surface area contributed by atoms with Crippen molar-refractivity contribution in [3.8, 4) is 5.75 Å². The van der Waals surface area contributed by atoms with Crippen LogP contribution in [0.5, 0.6) is 5.75 Å². The number of amidine groups is 1. The highest BCUT2D eigenvalue weighted by Crippen LogP contribution is 2.28. The van der Waals surface area contributed by atoms with Gasteiger partial charge in [-0.05, 0) is 12.1 Å². The van der Waals surface area contributed by atoms with E-state index < -0.39 is 18.2 Å². The van der Waals surface area contributed by atoms with Gasteiger partial charge in [-0.3, -0.25) is 10.3 Å². The number of methoxy groups -OCH3 is 1. The number of anilines is 1. The predicted octanol–water partition coefficient (Wildman–Crippen LogP) is 0.834. The van der Waals surface area contributed by atoms with E-state index in [4.69, 9.17) is 10.5 Å². The SMILES string of the molecule is COc1cccc2c1nc(N)n1nc(CCN3CCN4C(C(F)(F)F)=NNC4C3)nc21. The minimum absolute atomic E-state index is 0.200. The van der Waals surface area contributed by atoms with Gasteiger partial charge in [-0.15, -0.1) is 5.10 Å². The van der Waals surface area contributed by atoms with Crippen LogP contribution in [-0.2, 0) is 6.42 Å². The molecule has 0 spiro atoms. The molecule has 2 aliphatic rings.